The zero-order chi connectivity index (χ0) is 25.0. The summed E-state index contributed by atoms with van der Waals surface area (Å²) in [4.78, 5) is 33.9. The number of nitrogens with one attached hydrogen (secondary N) is 1. The van der Waals surface area contributed by atoms with Crippen molar-refractivity contribution in [2.75, 3.05) is 0 Å². The van der Waals surface area contributed by atoms with Gasteiger partial charge in [-0.25, -0.2) is 9.78 Å². The third-order valence-corrected chi connectivity index (χ3v) is 7.71. The average molecular weight is 505 g/mol. The summed E-state index contributed by atoms with van der Waals surface area (Å²) in [5.41, 5.74) is 1.20. The predicted molar refractivity (Wildman–Crippen MR) is 133 cm³/mol. The summed E-state index contributed by atoms with van der Waals surface area (Å²) >= 11 is 0. The van der Waals surface area contributed by atoms with Crippen LogP contribution in [0.25, 0.3) is 11.2 Å². The molecule has 1 aromatic carbocycles. The molecular weight excluding hydrogens is 471 g/mol. The molecule has 0 bridgehead atoms. The van der Waals surface area contributed by atoms with Crippen molar-refractivity contribution in [1.29, 1.82) is 0 Å². The van der Waals surface area contributed by atoms with E-state index >= 15 is 0 Å². The lowest BCUT2D eigenvalue weighted by Gasteiger charge is -2.18. The molecule has 8 nitrogen and oxygen atoms in total. The molecule has 0 aliphatic heterocycles. The summed E-state index contributed by atoms with van der Waals surface area (Å²) in [5.74, 6) is 1.12. The molecule has 35 heavy (non-hydrogen) atoms. The summed E-state index contributed by atoms with van der Waals surface area (Å²) in [6.45, 7) is 2.78. The molecule has 0 spiro atoms. The molecule has 1 aliphatic rings. The Labute approximate surface area is 204 Å². The molecule has 4 rings (SSSR count). The number of unbranched alkanes of at least 4 members (excludes halogenated alkanes) is 2. The minimum absolute atomic E-state index is 0.295. The van der Waals surface area contributed by atoms with Gasteiger partial charge in [0.05, 0.1) is 4.90 Å². The van der Waals surface area contributed by atoms with E-state index in [2.05, 4.69) is 4.98 Å². The smallest absolute Gasteiger partial charge is 0.332 e. The van der Waals surface area contributed by atoms with E-state index in [4.69, 9.17) is 4.98 Å². The van der Waals surface area contributed by atoms with Gasteiger partial charge in [0.15, 0.2) is 5.65 Å². The van der Waals surface area contributed by atoms with Crippen molar-refractivity contribution in [2.45, 2.75) is 95.0 Å². The van der Waals surface area contributed by atoms with Crippen LogP contribution in [0.1, 0.15) is 82.0 Å². The van der Waals surface area contributed by atoms with Crippen LogP contribution in [0.15, 0.2) is 38.8 Å². The molecule has 3 aromatic rings. The number of nitrogens with zero attached hydrogens (tertiary/aromatic N) is 3. The van der Waals surface area contributed by atoms with E-state index in [-0.39, 0.29) is 16.1 Å². The lowest BCUT2D eigenvalue weighted by molar-refractivity contribution is 0.431. The highest BCUT2D eigenvalue weighted by Gasteiger charge is 2.22. The minimum Gasteiger partial charge on any atom is -0.336 e. The van der Waals surface area contributed by atoms with Gasteiger partial charge in [-0.1, -0.05) is 44.7 Å². The number of aryl methyl sites for hydroxylation is 2. The first kappa shape index (κ1) is 25.3. The summed E-state index contributed by atoms with van der Waals surface area (Å²) in [7, 11) is -4.68. The van der Waals surface area contributed by atoms with E-state index in [0.29, 0.717) is 36.6 Å². The van der Waals surface area contributed by atoms with Gasteiger partial charge in [0.2, 0.25) is 0 Å². The first-order valence-corrected chi connectivity index (χ1v) is 13.9. The molecular formula is C25H33FN4O4S. The van der Waals surface area contributed by atoms with E-state index < -0.39 is 10.2 Å². The number of aromatic amines is 1. The van der Waals surface area contributed by atoms with Crippen LogP contribution in [-0.2, 0) is 29.7 Å². The van der Waals surface area contributed by atoms with Crippen molar-refractivity contribution in [3.8, 4) is 0 Å². The summed E-state index contributed by atoms with van der Waals surface area (Å²) in [6, 6.07) is 5.80. The van der Waals surface area contributed by atoms with Gasteiger partial charge in [0, 0.05) is 19.0 Å². The van der Waals surface area contributed by atoms with Crippen molar-refractivity contribution in [2.24, 2.45) is 0 Å². The van der Waals surface area contributed by atoms with Crippen LogP contribution in [0.3, 0.4) is 0 Å². The third kappa shape index (κ3) is 5.74. The van der Waals surface area contributed by atoms with E-state index in [1.165, 1.54) is 23.1 Å². The van der Waals surface area contributed by atoms with Gasteiger partial charge in [-0.2, -0.15) is 8.42 Å². The third-order valence-electron chi connectivity index (χ3n) is 6.87. The SMILES string of the molecule is CCCn1c(=O)c2[nH]c(C3CCCCC3)nc2n(CCCCCc2ccc(S(=O)(=O)F)cc2)c1=O. The average Bonchev–Trinajstić information content (AvgIpc) is 3.29. The molecule has 2 heterocycles. The molecule has 0 amide bonds. The maximum atomic E-state index is 13.2. The molecule has 10 heteroatoms. The molecule has 2 aromatic heterocycles. The molecule has 190 valence electrons. The highest BCUT2D eigenvalue weighted by molar-refractivity contribution is 7.86. The number of rotatable bonds is 10. The Morgan fingerprint density at radius 2 is 1.71 bits per heavy atom. The highest BCUT2D eigenvalue weighted by Crippen LogP contribution is 2.31. The Hall–Kier alpha value is -2.75. The maximum Gasteiger partial charge on any atom is 0.332 e. The van der Waals surface area contributed by atoms with Crippen LogP contribution in [0.2, 0.25) is 0 Å². The topological polar surface area (TPSA) is 107 Å². The van der Waals surface area contributed by atoms with Gasteiger partial charge in [0.1, 0.15) is 11.3 Å². The Morgan fingerprint density at radius 1 is 1.00 bits per heavy atom. The van der Waals surface area contributed by atoms with Crippen molar-refractivity contribution in [3.63, 3.8) is 0 Å². The normalized spacial score (nSPS) is 15.1. The molecule has 0 atom stereocenters. The molecule has 0 radical (unpaired) electrons. The zero-order valence-electron chi connectivity index (χ0n) is 20.1. The van der Waals surface area contributed by atoms with Crippen molar-refractivity contribution < 1.29 is 12.3 Å². The second-order valence-electron chi connectivity index (χ2n) is 9.44. The second kappa shape index (κ2) is 10.9. The molecule has 0 unspecified atom stereocenters. The van der Waals surface area contributed by atoms with Crippen molar-refractivity contribution >= 4 is 21.4 Å². The first-order valence-electron chi connectivity index (χ1n) is 12.6. The summed E-state index contributed by atoms with van der Waals surface area (Å²) in [5, 5.41) is 0. The summed E-state index contributed by atoms with van der Waals surface area (Å²) in [6.07, 6.45) is 9.45. The van der Waals surface area contributed by atoms with Gasteiger partial charge < -0.3 is 4.98 Å². The van der Waals surface area contributed by atoms with E-state index in [1.54, 1.807) is 16.7 Å². The quantitative estimate of drug-likeness (QED) is 0.325. The highest BCUT2D eigenvalue weighted by atomic mass is 32.3. The Morgan fingerprint density at radius 3 is 2.37 bits per heavy atom. The van der Waals surface area contributed by atoms with E-state index in [9.17, 15) is 21.9 Å². The fourth-order valence-electron chi connectivity index (χ4n) is 4.97. The Balaban J connectivity index is 1.48. The number of imidazole rings is 1. The number of hydrogen-bond donors (Lipinski definition) is 1. The predicted octanol–water partition coefficient (Wildman–Crippen LogP) is 4.42. The number of hydrogen-bond acceptors (Lipinski definition) is 5. The van der Waals surface area contributed by atoms with Crippen LogP contribution >= 0.6 is 0 Å². The monoisotopic (exact) mass is 504 g/mol. The molecule has 1 N–H and O–H groups in total. The van der Waals surface area contributed by atoms with E-state index in [1.807, 2.05) is 6.92 Å². The van der Waals surface area contributed by atoms with Gasteiger partial charge in [-0.05, 0) is 56.2 Å². The second-order valence-corrected chi connectivity index (χ2v) is 10.8. The number of H-pyrrole nitrogens is 1. The maximum absolute atomic E-state index is 13.2. The van der Waals surface area contributed by atoms with Crippen molar-refractivity contribution in [3.05, 3.63) is 56.5 Å². The Kier molecular flexibility index (Phi) is 7.88. The molecule has 1 fully saturated rings. The van der Waals surface area contributed by atoms with Crippen LogP contribution in [0.4, 0.5) is 3.89 Å². The van der Waals surface area contributed by atoms with Gasteiger partial charge in [-0.3, -0.25) is 13.9 Å². The number of aromatic nitrogens is 4. The number of halogens is 1. The summed E-state index contributed by atoms with van der Waals surface area (Å²) < 4.78 is 37.9. The van der Waals surface area contributed by atoms with Gasteiger partial charge in [0.25, 0.3) is 5.56 Å². The van der Waals surface area contributed by atoms with Crippen LogP contribution < -0.4 is 11.2 Å². The lowest BCUT2D eigenvalue weighted by Crippen LogP contribution is -2.40. The van der Waals surface area contributed by atoms with Crippen LogP contribution in [-0.4, -0.2) is 27.5 Å². The number of fused-ring (bicyclic) bond motifs is 1. The Bertz CT molecular complexity index is 1380. The minimum atomic E-state index is -4.68. The van der Waals surface area contributed by atoms with Gasteiger partial charge in [-0.15, -0.1) is 3.89 Å². The molecule has 1 aliphatic carbocycles. The van der Waals surface area contributed by atoms with Crippen molar-refractivity contribution in [1.82, 2.24) is 19.1 Å². The number of benzene rings is 1. The fraction of sp³-hybridized carbons (Fsp3) is 0.560. The largest absolute Gasteiger partial charge is 0.336 e. The molecule has 1 saturated carbocycles. The van der Waals surface area contributed by atoms with Crippen LogP contribution in [0.5, 0.6) is 0 Å². The fourth-order valence-corrected chi connectivity index (χ4v) is 5.43. The van der Waals surface area contributed by atoms with E-state index in [0.717, 1.165) is 62.8 Å². The first-order chi connectivity index (χ1) is 16.8. The van der Waals surface area contributed by atoms with Crippen LogP contribution in [0, 0.1) is 0 Å². The molecule has 0 saturated heterocycles. The lowest BCUT2D eigenvalue weighted by atomic mass is 9.89. The zero-order valence-corrected chi connectivity index (χ0v) is 20.9. The van der Waals surface area contributed by atoms with Gasteiger partial charge >= 0.3 is 15.9 Å². The standard InChI is InChI=1S/C25H33FN4O4S/c1-2-16-30-24(31)21-23(28-22(27-21)19-10-6-3-7-11-19)29(25(30)32)17-8-4-5-9-18-12-14-20(15-13-18)35(26,33)34/h12-15,19H,2-11,16-17H2,1H3,(H,27,28).